The molecule has 70 valence electrons. The van der Waals surface area contributed by atoms with Crippen molar-refractivity contribution in [3.8, 4) is 0 Å². The molecule has 0 saturated carbocycles. The summed E-state index contributed by atoms with van der Waals surface area (Å²) >= 11 is 0. The van der Waals surface area contributed by atoms with Gasteiger partial charge in [0.25, 0.3) is 5.69 Å². The summed E-state index contributed by atoms with van der Waals surface area (Å²) in [5.41, 5.74) is 2.00. The predicted octanol–water partition coefficient (Wildman–Crippen LogP) is 2.86. The molecular weight excluding hydrogens is 166 g/mol. The smallest absolute Gasteiger partial charge is 0.258 e. The lowest BCUT2D eigenvalue weighted by Crippen LogP contribution is -1.93. The van der Waals surface area contributed by atoms with Gasteiger partial charge < -0.3 is 0 Å². The van der Waals surface area contributed by atoms with E-state index in [1.165, 1.54) is 0 Å². The van der Waals surface area contributed by atoms with Crippen LogP contribution in [0.1, 0.15) is 24.5 Å². The lowest BCUT2D eigenvalue weighted by Gasteiger charge is -2.00. The van der Waals surface area contributed by atoms with Crippen LogP contribution in [0.15, 0.2) is 18.2 Å². The lowest BCUT2D eigenvalue weighted by atomic mass is 10.1. The van der Waals surface area contributed by atoms with Crippen LogP contribution >= 0.6 is 0 Å². The number of nitro benzene ring substituents is 1. The van der Waals surface area contributed by atoms with Crippen molar-refractivity contribution in [2.75, 3.05) is 0 Å². The van der Waals surface area contributed by atoms with Crippen molar-refractivity contribution in [2.24, 2.45) is 0 Å². The fourth-order valence-corrected chi connectivity index (χ4v) is 1.30. The van der Waals surface area contributed by atoms with Gasteiger partial charge in [-0.1, -0.05) is 25.5 Å². The Morgan fingerprint density at radius 1 is 1.46 bits per heavy atom. The monoisotopic (exact) mass is 179 g/mol. The van der Waals surface area contributed by atoms with E-state index in [0.29, 0.717) is 0 Å². The molecule has 0 bridgehead atoms. The molecule has 0 aliphatic rings. The van der Waals surface area contributed by atoms with E-state index >= 15 is 0 Å². The molecule has 0 radical (unpaired) electrons. The van der Waals surface area contributed by atoms with E-state index in [9.17, 15) is 10.1 Å². The molecule has 0 aliphatic carbocycles. The Bertz CT molecular complexity index is 321. The summed E-state index contributed by atoms with van der Waals surface area (Å²) in [5.74, 6) is 0. The first-order valence-corrected chi connectivity index (χ1v) is 4.39. The lowest BCUT2D eigenvalue weighted by molar-refractivity contribution is -0.385. The van der Waals surface area contributed by atoms with Gasteiger partial charge in [-0.3, -0.25) is 10.1 Å². The molecule has 1 aromatic carbocycles. The number of nitro groups is 1. The van der Waals surface area contributed by atoms with Crippen molar-refractivity contribution in [3.05, 3.63) is 39.4 Å². The van der Waals surface area contributed by atoms with Gasteiger partial charge in [-0.25, -0.2) is 0 Å². The van der Waals surface area contributed by atoms with Crippen LogP contribution in [0, 0.1) is 17.0 Å². The number of hydrogen-bond acceptors (Lipinski definition) is 2. The van der Waals surface area contributed by atoms with Crippen LogP contribution in [0.4, 0.5) is 5.69 Å². The summed E-state index contributed by atoms with van der Waals surface area (Å²) in [6.45, 7) is 3.82. The van der Waals surface area contributed by atoms with Crippen molar-refractivity contribution in [3.63, 3.8) is 0 Å². The average molecular weight is 179 g/mol. The molecule has 0 saturated heterocycles. The van der Waals surface area contributed by atoms with Crippen molar-refractivity contribution in [2.45, 2.75) is 26.7 Å². The minimum absolute atomic E-state index is 0.228. The van der Waals surface area contributed by atoms with Crippen LogP contribution in [0.2, 0.25) is 0 Å². The first-order valence-electron chi connectivity index (χ1n) is 4.39. The van der Waals surface area contributed by atoms with Gasteiger partial charge in [-0.15, -0.1) is 0 Å². The third-order valence-corrected chi connectivity index (χ3v) is 2.01. The summed E-state index contributed by atoms with van der Waals surface area (Å²) in [7, 11) is 0. The number of benzene rings is 1. The van der Waals surface area contributed by atoms with Gasteiger partial charge >= 0.3 is 0 Å². The van der Waals surface area contributed by atoms with Crippen LogP contribution in [0.3, 0.4) is 0 Å². The maximum Gasteiger partial charge on any atom is 0.272 e. The van der Waals surface area contributed by atoms with Crippen molar-refractivity contribution in [1.29, 1.82) is 0 Å². The third-order valence-electron chi connectivity index (χ3n) is 2.01. The quantitative estimate of drug-likeness (QED) is 0.529. The van der Waals surface area contributed by atoms with Crippen molar-refractivity contribution < 1.29 is 4.92 Å². The van der Waals surface area contributed by atoms with Gasteiger partial charge in [0.05, 0.1) is 4.92 Å². The zero-order valence-corrected chi connectivity index (χ0v) is 7.91. The van der Waals surface area contributed by atoms with E-state index in [-0.39, 0.29) is 10.6 Å². The van der Waals surface area contributed by atoms with E-state index in [4.69, 9.17) is 0 Å². The summed E-state index contributed by atoms with van der Waals surface area (Å²) in [6.07, 6.45) is 1.92. The Morgan fingerprint density at radius 3 is 2.69 bits per heavy atom. The largest absolute Gasteiger partial charge is 0.272 e. The zero-order chi connectivity index (χ0) is 9.84. The second-order valence-electron chi connectivity index (χ2n) is 3.13. The fraction of sp³-hybridized carbons (Fsp3) is 0.400. The third kappa shape index (κ3) is 2.28. The van der Waals surface area contributed by atoms with Gasteiger partial charge in [0, 0.05) is 11.6 Å². The number of rotatable bonds is 3. The fourth-order valence-electron chi connectivity index (χ4n) is 1.30. The Balaban J connectivity index is 3.04. The maximum atomic E-state index is 10.6. The van der Waals surface area contributed by atoms with E-state index in [0.717, 1.165) is 24.0 Å². The Labute approximate surface area is 77.5 Å². The molecule has 0 atom stereocenters. The number of aryl methyl sites for hydroxylation is 2. The first-order chi connectivity index (χ1) is 6.15. The van der Waals surface area contributed by atoms with Gasteiger partial charge in [0.15, 0.2) is 0 Å². The zero-order valence-electron chi connectivity index (χ0n) is 7.91. The molecule has 1 aromatic rings. The Morgan fingerprint density at radius 2 is 2.15 bits per heavy atom. The van der Waals surface area contributed by atoms with Crippen molar-refractivity contribution in [1.82, 2.24) is 0 Å². The molecule has 0 aliphatic heterocycles. The molecule has 0 unspecified atom stereocenters. The van der Waals surface area contributed by atoms with Crippen LogP contribution in [0.5, 0.6) is 0 Å². The first kappa shape index (κ1) is 9.71. The molecule has 0 fully saturated rings. The minimum atomic E-state index is -0.325. The molecular formula is C10H13NO2. The predicted molar refractivity (Wildman–Crippen MR) is 51.8 cm³/mol. The maximum absolute atomic E-state index is 10.6. The highest BCUT2D eigenvalue weighted by Crippen LogP contribution is 2.19. The molecule has 3 heteroatoms. The van der Waals surface area contributed by atoms with Gasteiger partial charge in [0.1, 0.15) is 0 Å². The van der Waals surface area contributed by atoms with Crippen LogP contribution in [0.25, 0.3) is 0 Å². The molecule has 0 spiro atoms. The molecule has 1 rings (SSSR count). The summed E-state index contributed by atoms with van der Waals surface area (Å²) in [5, 5.41) is 10.6. The van der Waals surface area contributed by atoms with Gasteiger partial charge in [0.2, 0.25) is 0 Å². The molecule has 3 nitrogen and oxygen atoms in total. The van der Waals surface area contributed by atoms with E-state index in [2.05, 4.69) is 6.92 Å². The SMILES string of the molecule is CCCc1ccc(C)c([N+](=O)[O-])c1. The van der Waals surface area contributed by atoms with E-state index in [1.54, 1.807) is 13.0 Å². The second kappa shape index (κ2) is 4.03. The summed E-state index contributed by atoms with van der Waals surface area (Å²) in [6, 6.07) is 5.42. The topological polar surface area (TPSA) is 43.1 Å². The van der Waals surface area contributed by atoms with Gasteiger partial charge in [-0.2, -0.15) is 0 Å². The highest BCUT2D eigenvalue weighted by atomic mass is 16.6. The minimum Gasteiger partial charge on any atom is -0.258 e. The number of hydrogen-bond donors (Lipinski definition) is 0. The van der Waals surface area contributed by atoms with Crippen LogP contribution in [-0.4, -0.2) is 4.92 Å². The van der Waals surface area contributed by atoms with E-state index < -0.39 is 0 Å². The molecule has 0 heterocycles. The molecule has 0 amide bonds. The average Bonchev–Trinajstić information content (AvgIpc) is 2.08. The van der Waals surface area contributed by atoms with Gasteiger partial charge in [-0.05, 0) is 18.9 Å². The Kier molecular flexibility index (Phi) is 3.01. The summed E-state index contributed by atoms with van der Waals surface area (Å²) in [4.78, 5) is 10.3. The molecule has 0 aromatic heterocycles. The molecule has 0 N–H and O–H groups in total. The summed E-state index contributed by atoms with van der Waals surface area (Å²) < 4.78 is 0. The number of nitrogens with zero attached hydrogens (tertiary/aromatic N) is 1. The highest BCUT2D eigenvalue weighted by Gasteiger charge is 2.09. The molecule has 13 heavy (non-hydrogen) atoms. The highest BCUT2D eigenvalue weighted by molar-refractivity contribution is 5.42. The normalized spacial score (nSPS) is 10.0. The van der Waals surface area contributed by atoms with Crippen molar-refractivity contribution >= 4 is 5.69 Å². The standard InChI is InChI=1S/C10H13NO2/c1-3-4-9-6-5-8(2)10(7-9)11(12)13/h5-7H,3-4H2,1-2H3. The van der Waals surface area contributed by atoms with Crippen LogP contribution in [-0.2, 0) is 6.42 Å². The van der Waals surface area contributed by atoms with E-state index in [1.807, 2.05) is 12.1 Å². The van der Waals surface area contributed by atoms with Crippen LogP contribution < -0.4 is 0 Å². The second-order valence-corrected chi connectivity index (χ2v) is 3.13. The Hall–Kier alpha value is -1.38.